The van der Waals surface area contributed by atoms with Crippen molar-refractivity contribution in [2.45, 2.75) is 25.7 Å². The van der Waals surface area contributed by atoms with Gasteiger partial charge in [-0.2, -0.15) is 8.78 Å². The average molecular weight is 275 g/mol. The van der Waals surface area contributed by atoms with Gasteiger partial charge in [-0.1, -0.05) is 55.8 Å². The van der Waals surface area contributed by atoms with E-state index < -0.39 is 12.5 Å². The minimum absolute atomic E-state index is 0.0371. The Morgan fingerprint density at radius 3 is 2.20 bits per heavy atom. The smallest absolute Gasteiger partial charge is 0.290 e. The summed E-state index contributed by atoms with van der Waals surface area (Å²) in [6.07, 6.45) is 2.10. The van der Waals surface area contributed by atoms with Crippen LogP contribution in [0.2, 0.25) is 0 Å². The zero-order valence-electron chi connectivity index (χ0n) is 11.6. The molecule has 0 radical (unpaired) electrons. The van der Waals surface area contributed by atoms with E-state index in [9.17, 15) is 8.78 Å². The van der Waals surface area contributed by atoms with Crippen LogP contribution in [-0.2, 0) is 12.3 Å². The minimum atomic E-state index is -2.87. The van der Waals surface area contributed by atoms with Crippen LogP contribution in [-0.4, -0.2) is 6.54 Å². The Bertz CT molecular complexity index is 520. The molecule has 0 aliphatic heterocycles. The van der Waals surface area contributed by atoms with Crippen LogP contribution in [0.3, 0.4) is 0 Å². The Hall–Kier alpha value is -1.90. The zero-order valence-corrected chi connectivity index (χ0v) is 11.6. The summed E-state index contributed by atoms with van der Waals surface area (Å²) in [5.41, 5.74) is 1.99. The number of nitrogens with one attached hydrogen (secondary N) is 1. The number of hydrogen-bond acceptors (Lipinski definition) is 1. The van der Waals surface area contributed by atoms with Crippen LogP contribution in [0.1, 0.15) is 24.5 Å². The maximum absolute atomic E-state index is 14.0. The average Bonchev–Trinajstić information content (AvgIpc) is 2.48. The standard InChI is InChI=1S/C17H19F2N/c1-2-6-14-9-11-16(12-10-14)20-13-17(18,19)15-7-4-3-5-8-15/h3-5,7-12,20H,2,6,13H2,1H3. The number of halogens is 2. The molecule has 0 fully saturated rings. The Kier molecular flexibility index (Phi) is 4.72. The van der Waals surface area contributed by atoms with E-state index >= 15 is 0 Å². The van der Waals surface area contributed by atoms with Crippen molar-refractivity contribution in [3.63, 3.8) is 0 Å². The fourth-order valence-corrected chi connectivity index (χ4v) is 2.08. The Morgan fingerprint density at radius 1 is 0.950 bits per heavy atom. The third-order valence-electron chi connectivity index (χ3n) is 3.20. The van der Waals surface area contributed by atoms with Crippen LogP contribution in [0.15, 0.2) is 54.6 Å². The summed E-state index contributed by atoms with van der Waals surface area (Å²) in [6.45, 7) is 1.72. The molecule has 0 saturated carbocycles. The highest BCUT2D eigenvalue weighted by Crippen LogP contribution is 2.28. The molecule has 2 rings (SSSR count). The van der Waals surface area contributed by atoms with Crippen molar-refractivity contribution >= 4 is 5.69 Å². The summed E-state index contributed by atoms with van der Waals surface area (Å²) in [6, 6.07) is 15.6. The van der Waals surface area contributed by atoms with E-state index in [1.54, 1.807) is 18.2 Å². The van der Waals surface area contributed by atoms with Crippen LogP contribution in [0.25, 0.3) is 0 Å². The first kappa shape index (κ1) is 14.5. The SMILES string of the molecule is CCCc1ccc(NCC(F)(F)c2ccccc2)cc1. The highest BCUT2D eigenvalue weighted by molar-refractivity contribution is 5.45. The van der Waals surface area contributed by atoms with Crippen LogP contribution in [0.4, 0.5) is 14.5 Å². The summed E-state index contributed by atoms with van der Waals surface area (Å²) in [4.78, 5) is 0. The van der Waals surface area contributed by atoms with Gasteiger partial charge >= 0.3 is 0 Å². The van der Waals surface area contributed by atoms with E-state index in [1.165, 1.54) is 17.7 Å². The number of anilines is 1. The fourth-order valence-electron chi connectivity index (χ4n) is 2.08. The van der Waals surface area contributed by atoms with Gasteiger partial charge in [0.05, 0.1) is 6.54 Å². The third-order valence-corrected chi connectivity index (χ3v) is 3.20. The second-order valence-electron chi connectivity index (χ2n) is 4.87. The van der Waals surface area contributed by atoms with Gasteiger partial charge in [-0.25, -0.2) is 0 Å². The molecule has 0 spiro atoms. The normalized spacial score (nSPS) is 11.3. The van der Waals surface area contributed by atoms with Gasteiger partial charge in [0.2, 0.25) is 0 Å². The molecule has 0 heterocycles. The first-order chi connectivity index (χ1) is 9.62. The number of aryl methyl sites for hydroxylation is 1. The van der Waals surface area contributed by atoms with Crippen molar-refractivity contribution in [3.05, 3.63) is 65.7 Å². The molecule has 1 nitrogen and oxygen atoms in total. The van der Waals surface area contributed by atoms with Crippen molar-refractivity contribution in [1.29, 1.82) is 0 Å². The first-order valence-electron chi connectivity index (χ1n) is 6.88. The van der Waals surface area contributed by atoms with Gasteiger partial charge in [0.15, 0.2) is 0 Å². The third kappa shape index (κ3) is 3.80. The number of hydrogen-bond donors (Lipinski definition) is 1. The predicted octanol–water partition coefficient (Wildman–Crippen LogP) is 4.84. The lowest BCUT2D eigenvalue weighted by atomic mass is 10.1. The molecule has 0 saturated heterocycles. The van der Waals surface area contributed by atoms with Gasteiger partial charge in [-0.05, 0) is 24.1 Å². The van der Waals surface area contributed by atoms with Crippen molar-refractivity contribution < 1.29 is 8.78 Å². The molecule has 0 aromatic heterocycles. The van der Waals surface area contributed by atoms with Crippen molar-refractivity contribution in [1.82, 2.24) is 0 Å². The van der Waals surface area contributed by atoms with Gasteiger partial charge in [-0.3, -0.25) is 0 Å². The summed E-state index contributed by atoms with van der Waals surface area (Å²) in [5.74, 6) is -2.87. The van der Waals surface area contributed by atoms with E-state index in [-0.39, 0.29) is 5.56 Å². The lowest BCUT2D eigenvalue weighted by Crippen LogP contribution is -2.24. The van der Waals surface area contributed by atoms with Crippen molar-refractivity contribution in [3.8, 4) is 0 Å². The maximum atomic E-state index is 14.0. The highest BCUT2D eigenvalue weighted by Gasteiger charge is 2.30. The molecule has 0 unspecified atom stereocenters. The zero-order chi connectivity index (χ0) is 14.4. The van der Waals surface area contributed by atoms with Crippen molar-refractivity contribution in [2.24, 2.45) is 0 Å². The van der Waals surface area contributed by atoms with Gasteiger partial charge in [0.1, 0.15) is 0 Å². The van der Waals surface area contributed by atoms with Gasteiger partial charge in [-0.15, -0.1) is 0 Å². The largest absolute Gasteiger partial charge is 0.379 e. The van der Waals surface area contributed by atoms with Crippen LogP contribution in [0.5, 0.6) is 0 Å². The fraction of sp³-hybridized carbons (Fsp3) is 0.294. The van der Waals surface area contributed by atoms with E-state index in [0.717, 1.165) is 18.5 Å². The molecule has 0 aliphatic carbocycles. The van der Waals surface area contributed by atoms with E-state index in [2.05, 4.69) is 12.2 Å². The summed E-state index contributed by atoms with van der Waals surface area (Å²) >= 11 is 0. The second kappa shape index (κ2) is 6.51. The van der Waals surface area contributed by atoms with Crippen LogP contribution < -0.4 is 5.32 Å². The second-order valence-corrected chi connectivity index (χ2v) is 4.87. The molecular weight excluding hydrogens is 256 g/mol. The Morgan fingerprint density at radius 2 is 1.60 bits per heavy atom. The molecule has 0 atom stereocenters. The van der Waals surface area contributed by atoms with Crippen LogP contribution in [0, 0.1) is 0 Å². The number of benzene rings is 2. The summed E-state index contributed by atoms with van der Waals surface area (Å²) < 4.78 is 28.0. The van der Waals surface area contributed by atoms with Gasteiger partial charge in [0, 0.05) is 11.3 Å². The lowest BCUT2D eigenvalue weighted by Gasteiger charge is -2.18. The molecule has 20 heavy (non-hydrogen) atoms. The molecular formula is C17H19F2N. The van der Waals surface area contributed by atoms with Crippen molar-refractivity contribution in [2.75, 3.05) is 11.9 Å². The monoisotopic (exact) mass is 275 g/mol. The van der Waals surface area contributed by atoms with Gasteiger partial charge < -0.3 is 5.32 Å². The Labute approximate surface area is 118 Å². The molecule has 1 N–H and O–H groups in total. The Balaban J connectivity index is 1.97. The quantitative estimate of drug-likeness (QED) is 0.795. The van der Waals surface area contributed by atoms with E-state index in [1.807, 2.05) is 24.3 Å². The molecule has 106 valence electrons. The molecule has 2 aromatic carbocycles. The summed E-state index contributed by atoms with van der Waals surface area (Å²) in [5, 5.41) is 2.80. The lowest BCUT2D eigenvalue weighted by molar-refractivity contribution is 0.0106. The van der Waals surface area contributed by atoms with E-state index in [4.69, 9.17) is 0 Å². The molecule has 2 aromatic rings. The molecule has 0 bridgehead atoms. The molecule has 3 heteroatoms. The minimum Gasteiger partial charge on any atom is -0.379 e. The molecule has 0 aliphatic rings. The topological polar surface area (TPSA) is 12.0 Å². The number of alkyl halides is 2. The van der Waals surface area contributed by atoms with E-state index in [0.29, 0.717) is 0 Å². The summed E-state index contributed by atoms with van der Waals surface area (Å²) in [7, 11) is 0. The number of rotatable bonds is 6. The molecule has 0 amide bonds. The van der Waals surface area contributed by atoms with Gasteiger partial charge in [0.25, 0.3) is 5.92 Å². The highest BCUT2D eigenvalue weighted by atomic mass is 19.3. The van der Waals surface area contributed by atoms with Crippen LogP contribution >= 0.6 is 0 Å². The maximum Gasteiger partial charge on any atom is 0.290 e. The predicted molar refractivity (Wildman–Crippen MR) is 79.3 cm³/mol. The first-order valence-corrected chi connectivity index (χ1v) is 6.88.